The number of carbonyl (C=O) groups is 2. The summed E-state index contributed by atoms with van der Waals surface area (Å²) in [4.78, 5) is 23.5. The van der Waals surface area contributed by atoms with Gasteiger partial charge in [-0.2, -0.15) is 0 Å². The molecule has 31 heavy (non-hydrogen) atoms. The third-order valence-electron chi connectivity index (χ3n) is 4.57. The second kappa shape index (κ2) is 11.6. The highest BCUT2D eigenvalue weighted by Gasteiger charge is 2.20. The Morgan fingerprint density at radius 2 is 1.68 bits per heavy atom. The number of benzene rings is 2. The third-order valence-corrected chi connectivity index (χ3v) is 6.69. The van der Waals surface area contributed by atoms with Crippen molar-refractivity contribution in [2.75, 3.05) is 26.7 Å². The molecule has 0 heterocycles. The first-order valence-corrected chi connectivity index (χ1v) is 11.5. The molecule has 0 bridgehead atoms. The molecule has 0 saturated carbocycles. The Labute approximate surface area is 188 Å². The molecule has 2 aromatic carbocycles. The van der Waals surface area contributed by atoms with Crippen LogP contribution in [-0.4, -0.2) is 51.2 Å². The molecule has 166 valence electrons. The van der Waals surface area contributed by atoms with Gasteiger partial charge < -0.3 is 10.6 Å². The van der Waals surface area contributed by atoms with E-state index in [9.17, 15) is 18.0 Å². The van der Waals surface area contributed by atoms with Gasteiger partial charge in [0.05, 0.1) is 4.90 Å². The fourth-order valence-electron chi connectivity index (χ4n) is 2.74. The second-order valence-corrected chi connectivity index (χ2v) is 9.31. The number of nitrogens with one attached hydrogen (secondary N) is 2. The van der Waals surface area contributed by atoms with Crippen molar-refractivity contribution in [1.29, 1.82) is 0 Å². The molecule has 2 aromatic rings. The number of sulfonamides is 1. The van der Waals surface area contributed by atoms with Crippen LogP contribution in [0.3, 0.4) is 0 Å². The van der Waals surface area contributed by atoms with Gasteiger partial charge in [0.1, 0.15) is 0 Å². The van der Waals surface area contributed by atoms with Gasteiger partial charge in [-0.25, -0.2) is 12.7 Å². The molecule has 0 spiro atoms. The lowest BCUT2D eigenvalue weighted by Crippen LogP contribution is -2.31. The molecule has 0 aliphatic rings. The van der Waals surface area contributed by atoms with Crippen molar-refractivity contribution in [3.63, 3.8) is 0 Å². The Bertz CT molecular complexity index is 1010. The first-order chi connectivity index (χ1) is 14.7. The minimum atomic E-state index is -3.69. The number of rotatable bonds is 11. The number of hydrogen-bond donors (Lipinski definition) is 2. The summed E-state index contributed by atoms with van der Waals surface area (Å²) in [6, 6.07) is 13.2. The molecule has 9 heteroatoms. The van der Waals surface area contributed by atoms with Gasteiger partial charge in [-0.1, -0.05) is 30.3 Å². The van der Waals surface area contributed by atoms with Gasteiger partial charge in [0.15, 0.2) is 0 Å². The standard InChI is InChI=1S/C22H26ClN3O4S/c1-3-21(27)24-14-4-16-26(2)31(29,30)20-11-7-18(8-12-20)22(28)25-15-13-17-5-9-19(23)10-6-17/h3,5-12H,1,4,13-16H2,2H3,(H,24,27)(H,25,28). The smallest absolute Gasteiger partial charge is 0.251 e. The van der Waals surface area contributed by atoms with Crippen LogP contribution in [0.5, 0.6) is 0 Å². The lowest BCUT2D eigenvalue weighted by Gasteiger charge is -2.17. The zero-order valence-electron chi connectivity index (χ0n) is 17.3. The fraction of sp³-hybridized carbons (Fsp3) is 0.273. The molecule has 0 radical (unpaired) electrons. The summed E-state index contributed by atoms with van der Waals surface area (Å²) in [7, 11) is -2.21. The van der Waals surface area contributed by atoms with E-state index in [0.717, 1.165) is 11.6 Å². The van der Waals surface area contributed by atoms with Crippen LogP contribution in [0.2, 0.25) is 5.02 Å². The zero-order valence-corrected chi connectivity index (χ0v) is 18.9. The molecular weight excluding hydrogens is 438 g/mol. The Balaban J connectivity index is 1.87. The molecule has 0 aliphatic heterocycles. The highest BCUT2D eigenvalue weighted by molar-refractivity contribution is 7.89. The average Bonchev–Trinajstić information content (AvgIpc) is 2.77. The predicted octanol–water partition coefficient (Wildman–Crippen LogP) is 2.63. The first-order valence-electron chi connectivity index (χ1n) is 9.73. The van der Waals surface area contributed by atoms with Crippen molar-refractivity contribution in [2.45, 2.75) is 17.7 Å². The Morgan fingerprint density at radius 3 is 2.29 bits per heavy atom. The summed E-state index contributed by atoms with van der Waals surface area (Å²) in [5, 5.41) is 6.08. The molecule has 0 aromatic heterocycles. The minimum Gasteiger partial charge on any atom is -0.353 e. The van der Waals surface area contributed by atoms with Gasteiger partial charge in [0.2, 0.25) is 15.9 Å². The van der Waals surface area contributed by atoms with Crippen molar-refractivity contribution in [2.24, 2.45) is 0 Å². The van der Waals surface area contributed by atoms with Crippen molar-refractivity contribution < 1.29 is 18.0 Å². The van der Waals surface area contributed by atoms with E-state index in [1.54, 1.807) is 12.1 Å². The van der Waals surface area contributed by atoms with E-state index in [4.69, 9.17) is 11.6 Å². The molecule has 0 aliphatic carbocycles. The summed E-state index contributed by atoms with van der Waals surface area (Å²) in [5.41, 5.74) is 1.43. The molecule has 2 N–H and O–H groups in total. The monoisotopic (exact) mass is 463 g/mol. The molecular formula is C22H26ClN3O4S. The first kappa shape index (κ1) is 24.6. The van der Waals surface area contributed by atoms with E-state index in [1.165, 1.54) is 35.6 Å². The fourth-order valence-corrected chi connectivity index (χ4v) is 4.07. The minimum absolute atomic E-state index is 0.0999. The van der Waals surface area contributed by atoms with Gasteiger partial charge in [-0.05, 0) is 60.9 Å². The lowest BCUT2D eigenvalue weighted by atomic mass is 10.1. The summed E-state index contributed by atoms with van der Waals surface area (Å²) in [5.74, 6) is -0.572. The largest absolute Gasteiger partial charge is 0.353 e. The molecule has 0 unspecified atom stereocenters. The molecule has 0 saturated heterocycles. The number of hydrogen-bond acceptors (Lipinski definition) is 4. The van der Waals surface area contributed by atoms with E-state index in [2.05, 4.69) is 17.2 Å². The average molecular weight is 464 g/mol. The van der Waals surface area contributed by atoms with E-state index < -0.39 is 10.0 Å². The maximum atomic E-state index is 12.7. The summed E-state index contributed by atoms with van der Waals surface area (Å²) in [6.45, 7) is 4.39. The normalized spacial score (nSPS) is 11.2. The van der Waals surface area contributed by atoms with E-state index in [1.807, 2.05) is 12.1 Å². The van der Waals surface area contributed by atoms with Crippen LogP contribution >= 0.6 is 11.6 Å². The van der Waals surface area contributed by atoms with Crippen molar-refractivity contribution in [3.05, 3.63) is 77.3 Å². The summed E-state index contributed by atoms with van der Waals surface area (Å²) >= 11 is 5.86. The van der Waals surface area contributed by atoms with Gasteiger partial charge >= 0.3 is 0 Å². The van der Waals surface area contributed by atoms with Crippen molar-refractivity contribution in [3.8, 4) is 0 Å². The Hall–Kier alpha value is -2.68. The number of halogens is 1. The maximum Gasteiger partial charge on any atom is 0.251 e. The molecule has 0 atom stereocenters. The maximum absolute atomic E-state index is 12.7. The van der Waals surface area contributed by atoms with Crippen LogP contribution in [0.4, 0.5) is 0 Å². The third kappa shape index (κ3) is 7.50. The second-order valence-electron chi connectivity index (χ2n) is 6.83. The molecule has 7 nitrogen and oxygen atoms in total. The molecule has 0 fully saturated rings. The van der Waals surface area contributed by atoms with Gasteiger partial charge in [-0.15, -0.1) is 0 Å². The molecule has 2 amide bonds. The predicted molar refractivity (Wildman–Crippen MR) is 122 cm³/mol. The summed E-state index contributed by atoms with van der Waals surface area (Å²) < 4.78 is 26.5. The van der Waals surface area contributed by atoms with Gasteiger partial charge in [-0.3, -0.25) is 9.59 Å². The van der Waals surface area contributed by atoms with Gasteiger partial charge in [0.25, 0.3) is 5.91 Å². The van der Waals surface area contributed by atoms with E-state index in [0.29, 0.717) is 36.5 Å². The van der Waals surface area contributed by atoms with E-state index >= 15 is 0 Å². The quantitative estimate of drug-likeness (QED) is 0.395. The highest BCUT2D eigenvalue weighted by atomic mass is 35.5. The van der Waals surface area contributed by atoms with Crippen molar-refractivity contribution >= 4 is 33.4 Å². The topological polar surface area (TPSA) is 95.6 Å². The SMILES string of the molecule is C=CC(=O)NCCCN(C)S(=O)(=O)c1ccc(C(=O)NCCc2ccc(Cl)cc2)cc1. The lowest BCUT2D eigenvalue weighted by molar-refractivity contribution is -0.116. The highest BCUT2D eigenvalue weighted by Crippen LogP contribution is 2.16. The van der Waals surface area contributed by atoms with Gasteiger partial charge in [0, 0.05) is 37.3 Å². The Kier molecular flexibility index (Phi) is 9.23. The van der Waals surface area contributed by atoms with Crippen LogP contribution < -0.4 is 10.6 Å². The molecule has 2 rings (SSSR count). The van der Waals surface area contributed by atoms with Crippen molar-refractivity contribution in [1.82, 2.24) is 14.9 Å². The number of nitrogens with zero attached hydrogens (tertiary/aromatic N) is 1. The Morgan fingerprint density at radius 1 is 1.03 bits per heavy atom. The number of amides is 2. The zero-order chi connectivity index (χ0) is 22.9. The van der Waals surface area contributed by atoms with Crippen LogP contribution in [0.1, 0.15) is 22.3 Å². The van der Waals surface area contributed by atoms with E-state index in [-0.39, 0.29) is 23.3 Å². The van der Waals surface area contributed by atoms with Crippen LogP contribution in [0.25, 0.3) is 0 Å². The van der Waals surface area contributed by atoms with Crippen LogP contribution in [0.15, 0.2) is 66.1 Å². The van der Waals surface area contributed by atoms with Crippen LogP contribution in [0, 0.1) is 0 Å². The summed E-state index contributed by atoms with van der Waals surface area (Å²) in [6.07, 6.45) is 2.28. The number of carbonyl (C=O) groups excluding carboxylic acids is 2. The van der Waals surface area contributed by atoms with Crippen LogP contribution in [-0.2, 0) is 21.2 Å².